The lowest BCUT2D eigenvalue weighted by atomic mass is 9.98. The number of nitrogens with zero attached hydrogens (tertiary/aromatic N) is 5. The lowest BCUT2D eigenvalue weighted by Gasteiger charge is -2.23. The van der Waals surface area contributed by atoms with Gasteiger partial charge in [-0.2, -0.15) is 9.07 Å². The van der Waals surface area contributed by atoms with Gasteiger partial charge >= 0.3 is 0 Å². The van der Waals surface area contributed by atoms with Crippen LogP contribution in [-0.4, -0.2) is 31.3 Å². The maximum absolute atomic E-state index is 15.1. The number of hydrogen-bond acceptors (Lipinski definition) is 6. The highest BCUT2D eigenvalue weighted by Crippen LogP contribution is 2.32. The molecule has 0 spiro atoms. The van der Waals surface area contributed by atoms with Crippen molar-refractivity contribution in [3.05, 3.63) is 66.4 Å². The maximum atomic E-state index is 15.1. The number of rotatable bonds is 5. The first-order valence-corrected chi connectivity index (χ1v) is 10.9. The largest absolute Gasteiger partial charge is 0.487 e. The Morgan fingerprint density at radius 3 is 2.52 bits per heavy atom. The monoisotopic (exact) mass is 448 g/mol. The molecular formula is C24H22F2N6O. The van der Waals surface area contributed by atoms with Crippen molar-refractivity contribution < 1.29 is 13.5 Å². The zero-order chi connectivity index (χ0) is 22.8. The standard InChI is InChI=1S/C24H22F2N6O/c25-21-19(11-12-20(22(21)26)33-17-9-5-2-6-10-17)32-24(29-30-31-32)18-13-16(14-28-23(18)27)15-7-3-1-4-8-15/h1,3-4,7-8,11-14,17H,2,5-6,9-10H2,(H2,27,28). The van der Waals surface area contributed by atoms with Gasteiger partial charge in [-0.3, -0.25) is 0 Å². The number of tetrazole rings is 1. The molecule has 9 heteroatoms. The summed E-state index contributed by atoms with van der Waals surface area (Å²) in [5.41, 5.74) is 8.07. The van der Waals surface area contributed by atoms with Gasteiger partial charge in [0, 0.05) is 11.8 Å². The molecule has 2 heterocycles. The molecule has 0 saturated heterocycles. The van der Waals surface area contributed by atoms with E-state index >= 15 is 4.39 Å². The van der Waals surface area contributed by atoms with Crippen molar-refractivity contribution in [1.29, 1.82) is 0 Å². The van der Waals surface area contributed by atoms with E-state index in [0.717, 1.165) is 47.9 Å². The van der Waals surface area contributed by atoms with E-state index in [1.54, 1.807) is 12.3 Å². The highest BCUT2D eigenvalue weighted by atomic mass is 19.2. The Balaban J connectivity index is 1.51. The topological polar surface area (TPSA) is 91.7 Å². The fourth-order valence-electron chi connectivity index (χ4n) is 4.10. The SMILES string of the molecule is Nc1ncc(-c2ccccc2)cc1-c1nnnn1-c1ccc(OC2CCCCC2)c(F)c1F. The number of pyridine rings is 1. The van der Waals surface area contributed by atoms with Crippen LogP contribution in [0.1, 0.15) is 32.1 Å². The van der Waals surface area contributed by atoms with Crippen molar-refractivity contribution in [3.63, 3.8) is 0 Å². The van der Waals surface area contributed by atoms with Gasteiger partial charge in [0.25, 0.3) is 0 Å². The van der Waals surface area contributed by atoms with E-state index < -0.39 is 11.6 Å². The molecular weight excluding hydrogens is 426 g/mol. The second-order valence-corrected chi connectivity index (χ2v) is 8.03. The number of hydrogen-bond donors (Lipinski definition) is 1. The Morgan fingerprint density at radius 1 is 0.939 bits per heavy atom. The summed E-state index contributed by atoms with van der Waals surface area (Å²) in [5.74, 6) is -1.95. The van der Waals surface area contributed by atoms with Crippen molar-refractivity contribution in [2.45, 2.75) is 38.2 Å². The van der Waals surface area contributed by atoms with Gasteiger partial charge in [0.05, 0.1) is 11.7 Å². The van der Waals surface area contributed by atoms with Crippen LogP contribution in [0.4, 0.5) is 14.6 Å². The molecule has 1 fully saturated rings. The Hall–Kier alpha value is -3.88. The highest BCUT2D eigenvalue weighted by Gasteiger charge is 2.24. The first kappa shape index (κ1) is 21.0. The van der Waals surface area contributed by atoms with E-state index in [4.69, 9.17) is 10.5 Å². The Bertz CT molecular complexity index is 1270. The van der Waals surface area contributed by atoms with Gasteiger partial charge in [-0.15, -0.1) is 5.10 Å². The van der Waals surface area contributed by atoms with E-state index in [9.17, 15) is 4.39 Å². The van der Waals surface area contributed by atoms with E-state index in [1.807, 2.05) is 30.3 Å². The molecule has 5 rings (SSSR count). The van der Waals surface area contributed by atoms with E-state index in [1.165, 1.54) is 12.1 Å². The number of ether oxygens (including phenoxy) is 1. The summed E-state index contributed by atoms with van der Waals surface area (Å²) in [4.78, 5) is 4.25. The molecule has 168 valence electrons. The summed E-state index contributed by atoms with van der Waals surface area (Å²) >= 11 is 0. The van der Waals surface area contributed by atoms with Crippen molar-refractivity contribution in [3.8, 4) is 34.0 Å². The zero-order valence-corrected chi connectivity index (χ0v) is 17.8. The Kier molecular flexibility index (Phi) is 5.68. The summed E-state index contributed by atoms with van der Waals surface area (Å²) in [6, 6.07) is 14.2. The minimum Gasteiger partial charge on any atom is -0.487 e. The second kappa shape index (κ2) is 8.93. The van der Waals surface area contributed by atoms with Crippen LogP contribution in [0.15, 0.2) is 54.7 Å². The molecule has 0 aliphatic heterocycles. The molecule has 7 nitrogen and oxygen atoms in total. The summed E-state index contributed by atoms with van der Waals surface area (Å²) < 4.78 is 36.8. The normalized spacial score (nSPS) is 14.4. The molecule has 0 atom stereocenters. The highest BCUT2D eigenvalue weighted by molar-refractivity contribution is 5.76. The minimum atomic E-state index is -1.09. The Labute approximate surface area is 189 Å². The number of halogens is 2. The van der Waals surface area contributed by atoms with Crippen LogP contribution in [0, 0.1) is 11.6 Å². The third-order valence-electron chi connectivity index (χ3n) is 5.84. The maximum Gasteiger partial charge on any atom is 0.202 e. The van der Waals surface area contributed by atoms with E-state index in [2.05, 4.69) is 20.5 Å². The van der Waals surface area contributed by atoms with Gasteiger partial charge in [0.1, 0.15) is 11.5 Å². The quantitative estimate of drug-likeness (QED) is 0.464. The third-order valence-corrected chi connectivity index (χ3v) is 5.84. The number of nitrogen functional groups attached to an aromatic ring is 1. The van der Waals surface area contributed by atoms with Crippen molar-refractivity contribution >= 4 is 5.82 Å². The molecule has 1 aliphatic carbocycles. The first-order valence-electron chi connectivity index (χ1n) is 10.9. The molecule has 0 radical (unpaired) electrons. The van der Waals surface area contributed by atoms with Gasteiger partial charge in [-0.1, -0.05) is 36.8 Å². The number of benzene rings is 2. The molecule has 2 aromatic carbocycles. The van der Waals surface area contributed by atoms with Crippen LogP contribution < -0.4 is 10.5 Å². The van der Waals surface area contributed by atoms with Gasteiger partial charge in [-0.25, -0.2) is 9.37 Å². The predicted octanol–water partition coefficient (Wildman–Crippen LogP) is 4.96. The smallest absolute Gasteiger partial charge is 0.202 e. The molecule has 0 unspecified atom stereocenters. The molecule has 33 heavy (non-hydrogen) atoms. The Morgan fingerprint density at radius 2 is 1.73 bits per heavy atom. The zero-order valence-electron chi connectivity index (χ0n) is 17.8. The molecule has 4 aromatic rings. The molecule has 2 aromatic heterocycles. The van der Waals surface area contributed by atoms with Crippen LogP contribution in [-0.2, 0) is 0 Å². The lowest BCUT2D eigenvalue weighted by molar-refractivity contribution is 0.147. The molecule has 1 aliphatic rings. The molecule has 0 bridgehead atoms. The lowest BCUT2D eigenvalue weighted by Crippen LogP contribution is -2.20. The fraction of sp³-hybridized carbons (Fsp3) is 0.250. The summed E-state index contributed by atoms with van der Waals surface area (Å²) in [5, 5.41) is 11.5. The average Bonchev–Trinajstić information content (AvgIpc) is 3.33. The molecule has 2 N–H and O–H groups in total. The second-order valence-electron chi connectivity index (χ2n) is 8.03. The summed E-state index contributed by atoms with van der Waals surface area (Å²) in [7, 11) is 0. The fourth-order valence-corrected chi connectivity index (χ4v) is 4.10. The molecule has 1 saturated carbocycles. The minimum absolute atomic E-state index is 0.103. The number of nitrogens with two attached hydrogens (primary N) is 1. The van der Waals surface area contributed by atoms with Gasteiger partial charge < -0.3 is 10.5 Å². The average molecular weight is 448 g/mol. The number of aromatic nitrogens is 5. The van der Waals surface area contributed by atoms with Crippen LogP contribution >= 0.6 is 0 Å². The van der Waals surface area contributed by atoms with Crippen LogP contribution in [0.25, 0.3) is 28.2 Å². The van der Waals surface area contributed by atoms with Crippen LogP contribution in [0.3, 0.4) is 0 Å². The summed E-state index contributed by atoms with van der Waals surface area (Å²) in [6.07, 6.45) is 6.40. The van der Waals surface area contributed by atoms with Crippen LogP contribution in [0.5, 0.6) is 5.75 Å². The van der Waals surface area contributed by atoms with E-state index in [-0.39, 0.29) is 29.2 Å². The third kappa shape index (κ3) is 4.13. The van der Waals surface area contributed by atoms with Gasteiger partial charge in [0.15, 0.2) is 17.4 Å². The molecule has 0 amide bonds. The predicted molar refractivity (Wildman–Crippen MR) is 120 cm³/mol. The van der Waals surface area contributed by atoms with Gasteiger partial charge in [-0.05, 0) is 59.9 Å². The van der Waals surface area contributed by atoms with Gasteiger partial charge in [0.2, 0.25) is 5.82 Å². The van der Waals surface area contributed by atoms with Crippen molar-refractivity contribution in [2.75, 3.05) is 5.73 Å². The van der Waals surface area contributed by atoms with Crippen LogP contribution in [0.2, 0.25) is 0 Å². The number of anilines is 1. The first-order chi connectivity index (χ1) is 16.1. The van der Waals surface area contributed by atoms with Crippen molar-refractivity contribution in [1.82, 2.24) is 25.2 Å². The summed E-state index contributed by atoms with van der Waals surface area (Å²) in [6.45, 7) is 0. The van der Waals surface area contributed by atoms with E-state index in [0.29, 0.717) is 5.56 Å². The van der Waals surface area contributed by atoms with Crippen molar-refractivity contribution in [2.24, 2.45) is 0 Å².